The fourth-order valence-corrected chi connectivity index (χ4v) is 4.19. The first-order chi connectivity index (χ1) is 11.0. The molecule has 1 spiro atoms. The van der Waals surface area contributed by atoms with Gasteiger partial charge in [0.15, 0.2) is 0 Å². The fraction of sp³-hybridized carbons (Fsp3) is 0.824. The summed E-state index contributed by atoms with van der Waals surface area (Å²) >= 11 is 0. The van der Waals surface area contributed by atoms with Gasteiger partial charge in [-0.1, -0.05) is 32.6 Å². The number of urea groups is 1. The average Bonchev–Trinajstić information content (AvgIpc) is 2.75. The first-order valence-electron chi connectivity index (χ1n) is 8.96. The molecule has 3 aliphatic rings. The zero-order valence-corrected chi connectivity index (χ0v) is 14.0. The molecule has 2 heterocycles. The molecule has 128 valence electrons. The third kappa shape index (κ3) is 2.95. The maximum atomic E-state index is 12.9. The quantitative estimate of drug-likeness (QED) is 0.790. The maximum absolute atomic E-state index is 12.9. The molecule has 1 saturated carbocycles. The molecule has 1 aliphatic carbocycles. The number of nitrogens with one attached hydrogen (secondary N) is 1. The van der Waals surface area contributed by atoms with Crippen LogP contribution in [0.25, 0.3) is 0 Å². The Morgan fingerprint density at radius 1 is 1.13 bits per heavy atom. The molecule has 0 radical (unpaired) electrons. The predicted octanol–water partition coefficient (Wildman–Crippen LogP) is 1.89. The van der Waals surface area contributed by atoms with Gasteiger partial charge in [-0.15, -0.1) is 0 Å². The molecular formula is C17H27N3O3. The van der Waals surface area contributed by atoms with E-state index in [1.54, 1.807) is 0 Å². The highest BCUT2D eigenvalue weighted by Crippen LogP contribution is 2.38. The molecule has 0 unspecified atom stereocenters. The van der Waals surface area contributed by atoms with Crippen LogP contribution in [0.4, 0.5) is 4.79 Å². The highest BCUT2D eigenvalue weighted by Gasteiger charge is 2.55. The van der Waals surface area contributed by atoms with Crippen LogP contribution < -0.4 is 5.32 Å². The molecule has 3 fully saturated rings. The topological polar surface area (TPSA) is 69.7 Å². The van der Waals surface area contributed by atoms with Gasteiger partial charge in [-0.05, 0) is 31.6 Å². The zero-order chi connectivity index (χ0) is 16.4. The molecule has 1 N–H and O–H groups in total. The third-order valence-corrected chi connectivity index (χ3v) is 5.75. The minimum atomic E-state index is -0.769. The molecule has 4 amide bonds. The molecule has 0 bridgehead atoms. The molecule has 2 atom stereocenters. The van der Waals surface area contributed by atoms with Crippen LogP contribution in [0.5, 0.6) is 0 Å². The van der Waals surface area contributed by atoms with Crippen molar-refractivity contribution in [2.24, 2.45) is 5.92 Å². The minimum Gasteiger partial charge on any atom is -0.341 e. The van der Waals surface area contributed by atoms with E-state index in [0.717, 1.165) is 62.9 Å². The first-order valence-corrected chi connectivity index (χ1v) is 8.96. The van der Waals surface area contributed by atoms with Gasteiger partial charge in [0.2, 0.25) is 5.91 Å². The van der Waals surface area contributed by atoms with Gasteiger partial charge >= 0.3 is 6.03 Å². The Balaban J connectivity index is 1.69. The number of likely N-dealkylation sites (tertiary alicyclic amines) is 1. The SMILES string of the molecule is C[C@@H]1CCCC[C@@]12NC(=O)N(CC(=O)N1CCCCCC1)C2=O. The molecular weight excluding hydrogens is 294 g/mol. The highest BCUT2D eigenvalue weighted by molar-refractivity contribution is 6.09. The maximum Gasteiger partial charge on any atom is 0.325 e. The predicted molar refractivity (Wildman–Crippen MR) is 85.7 cm³/mol. The number of hydrogen-bond donors (Lipinski definition) is 1. The number of carbonyl (C=O) groups is 3. The van der Waals surface area contributed by atoms with Gasteiger partial charge in [-0.25, -0.2) is 4.79 Å². The number of carbonyl (C=O) groups excluding carboxylic acids is 3. The van der Waals surface area contributed by atoms with E-state index in [1.165, 1.54) is 0 Å². The van der Waals surface area contributed by atoms with E-state index in [0.29, 0.717) is 6.42 Å². The van der Waals surface area contributed by atoms with Crippen molar-refractivity contribution in [2.45, 2.75) is 63.8 Å². The van der Waals surface area contributed by atoms with Gasteiger partial charge in [-0.2, -0.15) is 0 Å². The Bertz CT molecular complexity index is 499. The van der Waals surface area contributed by atoms with Crippen LogP contribution >= 0.6 is 0 Å². The molecule has 3 rings (SSSR count). The molecule has 6 heteroatoms. The summed E-state index contributed by atoms with van der Waals surface area (Å²) in [5.74, 6) is -0.167. The van der Waals surface area contributed by atoms with E-state index in [4.69, 9.17) is 0 Å². The van der Waals surface area contributed by atoms with Gasteiger partial charge in [0.25, 0.3) is 5.91 Å². The van der Waals surface area contributed by atoms with Crippen molar-refractivity contribution < 1.29 is 14.4 Å². The summed E-state index contributed by atoms with van der Waals surface area (Å²) in [6.07, 6.45) is 7.98. The number of rotatable bonds is 2. The molecule has 23 heavy (non-hydrogen) atoms. The van der Waals surface area contributed by atoms with Crippen molar-refractivity contribution in [3.8, 4) is 0 Å². The summed E-state index contributed by atoms with van der Waals surface area (Å²) < 4.78 is 0. The summed E-state index contributed by atoms with van der Waals surface area (Å²) in [5.41, 5.74) is -0.769. The van der Waals surface area contributed by atoms with Crippen LogP contribution in [-0.2, 0) is 9.59 Å². The Labute approximate surface area is 137 Å². The Hall–Kier alpha value is -1.59. The number of imide groups is 1. The van der Waals surface area contributed by atoms with Crippen LogP contribution in [0.3, 0.4) is 0 Å². The van der Waals surface area contributed by atoms with Gasteiger partial charge in [0.1, 0.15) is 12.1 Å². The van der Waals surface area contributed by atoms with E-state index in [9.17, 15) is 14.4 Å². The summed E-state index contributed by atoms with van der Waals surface area (Å²) in [6.45, 7) is 3.39. The standard InChI is InChI=1S/C17H27N3O3/c1-13-8-4-5-9-17(13)15(22)20(16(23)18-17)12-14(21)19-10-6-2-3-7-11-19/h13H,2-12H2,1H3,(H,18,23)/t13-,17-/m1/s1. The van der Waals surface area contributed by atoms with Gasteiger partial charge in [-0.3, -0.25) is 14.5 Å². The minimum absolute atomic E-state index is 0.101. The number of amides is 4. The lowest BCUT2D eigenvalue weighted by Gasteiger charge is -2.36. The van der Waals surface area contributed by atoms with Crippen molar-refractivity contribution in [3.63, 3.8) is 0 Å². The largest absolute Gasteiger partial charge is 0.341 e. The molecule has 2 aliphatic heterocycles. The van der Waals surface area contributed by atoms with Gasteiger partial charge < -0.3 is 10.2 Å². The van der Waals surface area contributed by atoms with E-state index in [-0.39, 0.29) is 24.3 Å². The first kappa shape index (κ1) is 16.3. The van der Waals surface area contributed by atoms with Crippen LogP contribution in [0.2, 0.25) is 0 Å². The molecule has 0 aromatic heterocycles. The molecule has 0 aromatic carbocycles. The lowest BCUT2D eigenvalue weighted by atomic mass is 9.73. The van der Waals surface area contributed by atoms with Crippen molar-refractivity contribution in [2.75, 3.05) is 19.6 Å². The van der Waals surface area contributed by atoms with E-state index in [2.05, 4.69) is 5.32 Å². The second kappa shape index (κ2) is 6.49. The Morgan fingerprint density at radius 2 is 1.83 bits per heavy atom. The van der Waals surface area contributed by atoms with Gasteiger partial charge in [0, 0.05) is 13.1 Å². The number of nitrogens with zero attached hydrogens (tertiary/aromatic N) is 2. The van der Waals surface area contributed by atoms with Crippen molar-refractivity contribution in [3.05, 3.63) is 0 Å². The molecule has 2 saturated heterocycles. The van der Waals surface area contributed by atoms with Crippen molar-refractivity contribution in [1.82, 2.24) is 15.1 Å². The summed E-state index contributed by atoms with van der Waals surface area (Å²) in [7, 11) is 0. The van der Waals surface area contributed by atoms with E-state index < -0.39 is 11.6 Å². The zero-order valence-electron chi connectivity index (χ0n) is 14.0. The Kier molecular flexibility index (Phi) is 4.60. The Morgan fingerprint density at radius 3 is 2.48 bits per heavy atom. The monoisotopic (exact) mass is 321 g/mol. The average molecular weight is 321 g/mol. The van der Waals surface area contributed by atoms with Crippen molar-refractivity contribution >= 4 is 17.8 Å². The fourth-order valence-electron chi connectivity index (χ4n) is 4.19. The van der Waals surface area contributed by atoms with Crippen molar-refractivity contribution in [1.29, 1.82) is 0 Å². The van der Waals surface area contributed by atoms with E-state index in [1.807, 2.05) is 11.8 Å². The second-order valence-corrected chi connectivity index (χ2v) is 7.23. The van der Waals surface area contributed by atoms with Gasteiger partial charge in [0.05, 0.1) is 0 Å². The van der Waals surface area contributed by atoms with Crippen LogP contribution in [0.1, 0.15) is 58.3 Å². The van der Waals surface area contributed by atoms with Crippen LogP contribution in [-0.4, -0.2) is 52.8 Å². The van der Waals surface area contributed by atoms with Crippen LogP contribution in [0.15, 0.2) is 0 Å². The summed E-state index contributed by atoms with van der Waals surface area (Å²) in [6, 6.07) is -0.396. The van der Waals surface area contributed by atoms with Crippen LogP contribution in [0, 0.1) is 5.92 Å². The highest BCUT2D eigenvalue weighted by atomic mass is 16.2. The van der Waals surface area contributed by atoms with E-state index >= 15 is 0 Å². The summed E-state index contributed by atoms with van der Waals surface area (Å²) in [5, 5.41) is 2.91. The third-order valence-electron chi connectivity index (χ3n) is 5.75. The number of hydrogen-bond acceptors (Lipinski definition) is 3. The smallest absolute Gasteiger partial charge is 0.325 e. The second-order valence-electron chi connectivity index (χ2n) is 7.23. The summed E-state index contributed by atoms with van der Waals surface area (Å²) in [4.78, 5) is 40.6. The lowest BCUT2D eigenvalue weighted by molar-refractivity contribution is -0.140. The molecule has 6 nitrogen and oxygen atoms in total. The normalized spacial score (nSPS) is 32.1. The molecule has 0 aromatic rings. The lowest BCUT2D eigenvalue weighted by Crippen LogP contribution is -2.54.